The third kappa shape index (κ3) is 2.87. The number of nitrogens with zero attached hydrogens (tertiary/aromatic N) is 1. The van der Waals surface area contributed by atoms with Gasteiger partial charge in [-0.1, -0.05) is 11.6 Å². The zero-order chi connectivity index (χ0) is 13.1. The molecule has 0 N–H and O–H groups in total. The highest BCUT2D eigenvalue weighted by atomic mass is 35.5. The molecule has 3 nitrogen and oxygen atoms in total. The second kappa shape index (κ2) is 5.19. The van der Waals surface area contributed by atoms with Gasteiger partial charge in [-0.3, -0.25) is 4.79 Å². The first-order chi connectivity index (χ1) is 8.56. The molecule has 0 aliphatic carbocycles. The van der Waals surface area contributed by atoms with E-state index in [2.05, 4.69) is 4.98 Å². The first kappa shape index (κ1) is 12.6. The maximum absolute atomic E-state index is 11.1. The zero-order valence-corrected chi connectivity index (χ0v) is 10.9. The lowest BCUT2D eigenvalue weighted by molar-refractivity contribution is 0.101. The fraction of sp³-hybridized carbons (Fsp3) is 0.143. The van der Waals surface area contributed by atoms with Gasteiger partial charge in [0, 0.05) is 11.9 Å². The van der Waals surface area contributed by atoms with Crippen LogP contribution in [0.2, 0.25) is 5.02 Å². The Hall–Kier alpha value is -1.87. The van der Waals surface area contributed by atoms with Gasteiger partial charge in [0.05, 0.1) is 6.20 Å². The van der Waals surface area contributed by atoms with Crippen molar-refractivity contribution in [3.8, 4) is 11.5 Å². The van der Waals surface area contributed by atoms with E-state index in [1.165, 1.54) is 13.1 Å². The highest BCUT2D eigenvalue weighted by Gasteiger charge is 2.04. The summed E-state index contributed by atoms with van der Waals surface area (Å²) in [6, 6.07) is 8.76. The lowest BCUT2D eigenvalue weighted by Gasteiger charge is -2.08. The highest BCUT2D eigenvalue weighted by Crippen LogP contribution is 2.26. The SMILES string of the molecule is CC(=O)c1ccc(Oc2ccc(Cl)cc2C)cn1. The normalized spacial score (nSPS) is 10.2. The summed E-state index contributed by atoms with van der Waals surface area (Å²) in [7, 11) is 0. The average Bonchev–Trinajstić information content (AvgIpc) is 2.33. The Bertz CT molecular complexity index is 579. The fourth-order valence-electron chi connectivity index (χ4n) is 1.50. The number of rotatable bonds is 3. The van der Waals surface area contributed by atoms with Crippen molar-refractivity contribution in [3.63, 3.8) is 0 Å². The van der Waals surface area contributed by atoms with Crippen molar-refractivity contribution >= 4 is 17.4 Å². The van der Waals surface area contributed by atoms with E-state index < -0.39 is 0 Å². The molecule has 0 spiro atoms. The van der Waals surface area contributed by atoms with Crippen LogP contribution in [0.5, 0.6) is 11.5 Å². The van der Waals surface area contributed by atoms with E-state index in [1.54, 1.807) is 24.3 Å². The Morgan fingerprint density at radius 2 is 2.06 bits per heavy atom. The quantitative estimate of drug-likeness (QED) is 0.783. The van der Waals surface area contributed by atoms with Crippen molar-refractivity contribution in [1.29, 1.82) is 0 Å². The van der Waals surface area contributed by atoms with Crippen LogP contribution in [0.3, 0.4) is 0 Å². The minimum atomic E-state index is -0.0655. The van der Waals surface area contributed by atoms with Crippen molar-refractivity contribution in [1.82, 2.24) is 4.98 Å². The van der Waals surface area contributed by atoms with Crippen LogP contribution in [0, 0.1) is 6.92 Å². The zero-order valence-electron chi connectivity index (χ0n) is 10.1. The van der Waals surface area contributed by atoms with Gasteiger partial charge >= 0.3 is 0 Å². The van der Waals surface area contributed by atoms with Gasteiger partial charge in [0.2, 0.25) is 0 Å². The molecular weight excluding hydrogens is 250 g/mol. The predicted octanol–water partition coefficient (Wildman–Crippen LogP) is 4.04. The molecule has 1 aromatic carbocycles. The number of halogens is 1. The van der Waals surface area contributed by atoms with Gasteiger partial charge < -0.3 is 4.74 Å². The van der Waals surface area contributed by atoms with Crippen molar-refractivity contribution in [3.05, 3.63) is 52.8 Å². The van der Waals surface area contributed by atoms with Crippen LogP contribution in [0.4, 0.5) is 0 Å². The van der Waals surface area contributed by atoms with Gasteiger partial charge in [0.25, 0.3) is 0 Å². The van der Waals surface area contributed by atoms with E-state index in [0.717, 1.165) is 11.3 Å². The van der Waals surface area contributed by atoms with Crippen LogP contribution in [-0.2, 0) is 0 Å². The lowest BCUT2D eigenvalue weighted by atomic mass is 10.2. The number of Topliss-reactive ketones (excluding diaryl/α,β-unsaturated/α-hetero) is 1. The molecule has 0 atom stereocenters. The number of aryl methyl sites for hydroxylation is 1. The van der Waals surface area contributed by atoms with Crippen LogP contribution in [0.15, 0.2) is 36.5 Å². The van der Waals surface area contributed by atoms with E-state index in [0.29, 0.717) is 16.5 Å². The summed E-state index contributed by atoms with van der Waals surface area (Å²) in [5.74, 6) is 1.24. The minimum absolute atomic E-state index is 0.0655. The largest absolute Gasteiger partial charge is 0.455 e. The molecule has 1 heterocycles. The monoisotopic (exact) mass is 261 g/mol. The molecule has 0 aliphatic rings. The maximum Gasteiger partial charge on any atom is 0.178 e. The van der Waals surface area contributed by atoms with Crippen molar-refractivity contribution in [2.75, 3.05) is 0 Å². The maximum atomic E-state index is 11.1. The molecule has 0 fully saturated rings. The smallest absolute Gasteiger partial charge is 0.178 e. The van der Waals surface area contributed by atoms with Gasteiger partial charge in [-0.25, -0.2) is 4.98 Å². The summed E-state index contributed by atoms with van der Waals surface area (Å²) in [5, 5.41) is 0.671. The molecule has 0 saturated heterocycles. The summed E-state index contributed by atoms with van der Waals surface area (Å²) in [4.78, 5) is 15.1. The van der Waals surface area contributed by atoms with Crippen molar-refractivity contribution in [2.24, 2.45) is 0 Å². The Balaban J connectivity index is 2.21. The third-order valence-corrected chi connectivity index (χ3v) is 2.70. The second-order valence-electron chi connectivity index (χ2n) is 3.95. The van der Waals surface area contributed by atoms with Gasteiger partial charge in [0.1, 0.15) is 17.2 Å². The third-order valence-electron chi connectivity index (χ3n) is 2.46. The molecule has 0 unspecified atom stereocenters. The topological polar surface area (TPSA) is 39.2 Å². The van der Waals surface area contributed by atoms with E-state index in [4.69, 9.17) is 16.3 Å². The molecule has 2 aromatic rings. The highest BCUT2D eigenvalue weighted by molar-refractivity contribution is 6.30. The summed E-state index contributed by atoms with van der Waals surface area (Å²) >= 11 is 5.87. The van der Waals surface area contributed by atoms with E-state index in [-0.39, 0.29) is 5.78 Å². The number of ether oxygens (including phenoxy) is 1. The molecule has 2 rings (SSSR count). The van der Waals surface area contributed by atoms with Crippen LogP contribution in [0.25, 0.3) is 0 Å². The standard InChI is InChI=1S/C14H12ClNO2/c1-9-7-11(15)3-6-14(9)18-12-4-5-13(10(2)17)16-8-12/h3-8H,1-2H3. The number of carbonyl (C=O) groups excluding carboxylic acids is 1. The molecule has 0 bridgehead atoms. The van der Waals surface area contributed by atoms with Gasteiger partial charge in [0.15, 0.2) is 5.78 Å². The predicted molar refractivity (Wildman–Crippen MR) is 70.5 cm³/mol. The molecule has 0 saturated carbocycles. The first-order valence-electron chi connectivity index (χ1n) is 5.47. The number of hydrogen-bond donors (Lipinski definition) is 0. The number of hydrogen-bond acceptors (Lipinski definition) is 3. The van der Waals surface area contributed by atoms with Crippen molar-refractivity contribution < 1.29 is 9.53 Å². The molecule has 0 aliphatic heterocycles. The molecule has 0 amide bonds. The van der Waals surface area contributed by atoms with E-state index in [1.807, 2.05) is 13.0 Å². The molecular formula is C14H12ClNO2. The van der Waals surface area contributed by atoms with E-state index in [9.17, 15) is 4.79 Å². The van der Waals surface area contributed by atoms with Gasteiger partial charge in [-0.15, -0.1) is 0 Å². The minimum Gasteiger partial charge on any atom is -0.455 e. The second-order valence-corrected chi connectivity index (χ2v) is 4.38. The molecule has 18 heavy (non-hydrogen) atoms. The number of pyridine rings is 1. The lowest BCUT2D eigenvalue weighted by Crippen LogP contribution is -1.96. The van der Waals surface area contributed by atoms with Crippen LogP contribution in [-0.4, -0.2) is 10.8 Å². The van der Waals surface area contributed by atoms with Crippen LogP contribution >= 0.6 is 11.6 Å². The Morgan fingerprint density at radius 3 is 2.61 bits per heavy atom. The number of carbonyl (C=O) groups is 1. The summed E-state index contributed by atoms with van der Waals surface area (Å²) < 4.78 is 5.67. The summed E-state index contributed by atoms with van der Waals surface area (Å²) in [6.07, 6.45) is 1.53. The van der Waals surface area contributed by atoms with Crippen molar-refractivity contribution in [2.45, 2.75) is 13.8 Å². The Morgan fingerprint density at radius 1 is 1.28 bits per heavy atom. The summed E-state index contributed by atoms with van der Waals surface area (Å²) in [5.41, 5.74) is 1.37. The number of ketones is 1. The number of benzene rings is 1. The Labute approximate surface area is 110 Å². The average molecular weight is 262 g/mol. The summed E-state index contributed by atoms with van der Waals surface area (Å²) in [6.45, 7) is 3.39. The van der Waals surface area contributed by atoms with Crippen LogP contribution in [0.1, 0.15) is 23.0 Å². The Kier molecular flexibility index (Phi) is 3.63. The van der Waals surface area contributed by atoms with Gasteiger partial charge in [-0.2, -0.15) is 0 Å². The molecule has 0 radical (unpaired) electrons. The molecule has 1 aromatic heterocycles. The number of aromatic nitrogens is 1. The fourth-order valence-corrected chi connectivity index (χ4v) is 1.73. The van der Waals surface area contributed by atoms with E-state index >= 15 is 0 Å². The molecule has 92 valence electrons. The molecule has 4 heteroatoms. The van der Waals surface area contributed by atoms with Crippen LogP contribution < -0.4 is 4.74 Å². The first-order valence-corrected chi connectivity index (χ1v) is 5.85. The van der Waals surface area contributed by atoms with Gasteiger partial charge in [-0.05, 0) is 42.8 Å².